The molecule has 0 aromatic carbocycles. The third-order valence-electron chi connectivity index (χ3n) is 2.39. The van der Waals surface area contributed by atoms with Crippen molar-refractivity contribution in [3.05, 3.63) is 17.6 Å². The molecule has 0 atom stereocenters. The van der Waals surface area contributed by atoms with Crippen LogP contribution in [0.1, 0.15) is 46.1 Å². The molecule has 1 N–H and O–H groups in total. The summed E-state index contributed by atoms with van der Waals surface area (Å²) in [7, 11) is 0. The van der Waals surface area contributed by atoms with Crippen LogP contribution in [-0.4, -0.2) is 16.5 Å². The van der Waals surface area contributed by atoms with Gasteiger partial charge >= 0.3 is 0 Å². The van der Waals surface area contributed by atoms with Gasteiger partial charge < -0.3 is 5.32 Å². The predicted octanol–water partition coefficient (Wildman–Crippen LogP) is 3.31. The normalized spacial score (nSPS) is 11.2. The highest BCUT2D eigenvalue weighted by Crippen LogP contribution is 2.13. The van der Waals surface area contributed by atoms with Crippen LogP contribution >= 0.6 is 0 Å². The first-order chi connectivity index (χ1) is 8.01. The van der Waals surface area contributed by atoms with Crippen molar-refractivity contribution in [3.8, 4) is 0 Å². The van der Waals surface area contributed by atoms with Crippen LogP contribution in [0.15, 0.2) is 6.07 Å². The number of rotatable bonds is 6. The average Bonchev–Trinajstić information content (AvgIpc) is 2.14. The average molecular weight is 235 g/mol. The molecular weight excluding hydrogens is 210 g/mol. The van der Waals surface area contributed by atoms with E-state index in [-0.39, 0.29) is 0 Å². The molecule has 1 aromatic heterocycles. The molecular formula is C14H25N3. The van der Waals surface area contributed by atoms with Crippen molar-refractivity contribution in [1.29, 1.82) is 0 Å². The van der Waals surface area contributed by atoms with Gasteiger partial charge in [0.05, 0.1) is 0 Å². The zero-order chi connectivity index (χ0) is 12.8. The molecule has 3 heteroatoms. The molecule has 1 aromatic rings. The monoisotopic (exact) mass is 235 g/mol. The minimum atomic E-state index is 0.596. The zero-order valence-electron chi connectivity index (χ0n) is 11.7. The van der Waals surface area contributed by atoms with Crippen LogP contribution in [0.2, 0.25) is 0 Å². The summed E-state index contributed by atoms with van der Waals surface area (Å²) in [6, 6.07) is 2.08. The van der Waals surface area contributed by atoms with Crippen LogP contribution in [0.4, 0.5) is 5.82 Å². The predicted molar refractivity (Wildman–Crippen MR) is 73.3 cm³/mol. The summed E-state index contributed by atoms with van der Waals surface area (Å²) in [6.07, 6.45) is 1.97. The summed E-state index contributed by atoms with van der Waals surface area (Å²) in [5, 5.41) is 3.28. The van der Waals surface area contributed by atoms with Crippen LogP contribution in [-0.2, 0) is 12.8 Å². The van der Waals surface area contributed by atoms with Crippen molar-refractivity contribution in [1.82, 2.24) is 9.97 Å². The smallest absolute Gasteiger partial charge is 0.131 e. The second-order valence-corrected chi connectivity index (χ2v) is 5.39. The summed E-state index contributed by atoms with van der Waals surface area (Å²) in [5.41, 5.74) is 1.15. The minimum absolute atomic E-state index is 0.596. The number of anilines is 1. The number of nitrogens with zero attached hydrogens (tertiary/aromatic N) is 2. The van der Waals surface area contributed by atoms with Gasteiger partial charge in [-0.3, -0.25) is 0 Å². The van der Waals surface area contributed by atoms with Crippen molar-refractivity contribution >= 4 is 5.82 Å². The largest absolute Gasteiger partial charge is 0.370 e. The first-order valence-corrected chi connectivity index (χ1v) is 6.62. The Hall–Kier alpha value is -1.12. The Kier molecular flexibility index (Phi) is 5.39. The lowest BCUT2D eigenvalue weighted by molar-refractivity contribution is 0.601. The van der Waals surface area contributed by atoms with E-state index >= 15 is 0 Å². The molecule has 1 heterocycles. The Morgan fingerprint density at radius 1 is 1.06 bits per heavy atom. The fourth-order valence-electron chi connectivity index (χ4n) is 1.80. The van der Waals surface area contributed by atoms with Crippen molar-refractivity contribution in [3.63, 3.8) is 0 Å². The van der Waals surface area contributed by atoms with E-state index in [9.17, 15) is 0 Å². The van der Waals surface area contributed by atoms with Crippen LogP contribution in [0.25, 0.3) is 0 Å². The lowest BCUT2D eigenvalue weighted by atomic mass is 10.1. The maximum atomic E-state index is 4.64. The van der Waals surface area contributed by atoms with Gasteiger partial charge in [-0.2, -0.15) is 0 Å². The first-order valence-electron chi connectivity index (χ1n) is 6.62. The standard InChI is InChI=1S/C14H25N3/c1-6-15-13-9-12(7-10(2)3)16-14(17-13)8-11(4)5/h9-11H,6-8H2,1-5H3,(H,15,16,17). The van der Waals surface area contributed by atoms with Crippen molar-refractivity contribution in [2.45, 2.75) is 47.5 Å². The van der Waals surface area contributed by atoms with E-state index in [1.54, 1.807) is 0 Å². The number of hydrogen-bond acceptors (Lipinski definition) is 3. The van der Waals surface area contributed by atoms with Crippen LogP contribution in [0.3, 0.4) is 0 Å². The fourth-order valence-corrected chi connectivity index (χ4v) is 1.80. The molecule has 0 fully saturated rings. The summed E-state index contributed by atoms with van der Waals surface area (Å²) >= 11 is 0. The summed E-state index contributed by atoms with van der Waals surface area (Å²) in [6.45, 7) is 11.8. The Morgan fingerprint density at radius 2 is 1.71 bits per heavy atom. The second kappa shape index (κ2) is 6.58. The third-order valence-corrected chi connectivity index (χ3v) is 2.39. The van der Waals surface area contributed by atoms with Gasteiger partial charge in [-0.15, -0.1) is 0 Å². The van der Waals surface area contributed by atoms with Gasteiger partial charge in [0.1, 0.15) is 11.6 Å². The molecule has 96 valence electrons. The molecule has 0 aliphatic carbocycles. The van der Waals surface area contributed by atoms with Gasteiger partial charge in [0.2, 0.25) is 0 Å². The van der Waals surface area contributed by atoms with Gasteiger partial charge in [-0.05, 0) is 25.2 Å². The molecule has 0 aliphatic heterocycles. The molecule has 0 saturated heterocycles. The molecule has 0 spiro atoms. The zero-order valence-corrected chi connectivity index (χ0v) is 11.7. The summed E-state index contributed by atoms with van der Waals surface area (Å²) < 4.78 is 0. The number of aromatic nitrogens is 2. The lowest BCUT2D eigenvalue weighted by Gasteiger charge is -2.11. The molecule has 3 nitrogen and oxygen atoms in total. The van der Waals surface area contributed by atoms with Gasteiger partial charge in [-0.25, -0.2) is 9.97 Å². The molecule has 17 heavy (non-hydrogen) atoms. The Labute approximate surface area is 105 Å². The molecule has 0 amide bonds. The molecule has 1 rings (SSSR count). The lowest BCUT2D eigenvalue weighted by Crippen LogP contribution is -2.09. The van der Waals surface area contributed by atoms with E-state index < -0.39 is 0 Å². The summed E-state index contributed by atoms with van der Waals surface area (Å²) in [5.74, 6) is 3.16. The highest BCUT2D eigenvalue weighted by Gasteiger charge is 2.07. The Morgan fingerprint density at radius 3 is 2.24 bits per heavy atom. The highest BCUT2D eigenvalue weighted by atomic mass is 15.0. The van der Waals surface area contributed by atoms with Crippen molar-refractivity contribution in [2.24, 2.45) is 11.8 Å². The van der Waals surface area contributed by atoms with E-state index in [1.807, 2.05) is 0 Å². The first kappa shape index (κ1) is 13.9. The van der Waals surface area contributed by atoms with Crippen LogP contribution in [0.5, 0.6) is 0 Å². The van der Waals surface area contributed by atoms with Crippen molar-refractivity contribution < 1.29 is 0 Å². The molecule has 0 aliphatic rings. The summed E-state index contributed by atoms with van der Waals surface area (Å²) in [4.78, 5) is 9.19. The van der Waals surface area contributed by atoms with E-state index in [2.05, 4.69) is 56.0 Å². The number of nitrogens with one attached hydrogen (secondary N) is 1. The van der Waals surface area contributed by atoms with Gasteiger partial charge in [0, 0.05) is 24.7 Å². The molecule has 0 unspecified atom stereocenters. The quantitative estimate of drug-likeness (QED) is 0.822. The molecule has 0 saturated carbocycles. The third kappa shape index (κ3) is 5.16. The fraction of sp³-hybridized carbons (Fsp3) is 0.714. The SMILES string of the molecule is CCNc1cc(CC(C)C)nc(CC(C)C)n1. The molecule has 0 radical (unpaired) electrons. The maximum absolute atomic E-state index is 4.64. The maximum Gasteiger partial charge on any atom is 0.131 e. The minimum Gasteiger partial charge on any atom is -0.370 e. The Bertz CT molecular complexity index is 317. The van der Waals surface area contributed by atoms with Gasteiger partial charge in [0.15, 0.2) is 0 Å². The Balaban J connectivity index is 2.91. The van der Waals surface area contributed by atoms with E-state index in [4.69, 9.17) is 0 Å². The van der Waals surface area contributed by atoms with Gasteiger partial charge in [0.25, 0.3) is 0 Å². The molecule has 0 bridgehead atoms. The van der Waals surface area contributed by atoms with Crippen LogP contribution < -0.4 is 5.32 Å². The van der Waals surface area contributed by atoms with E-state index in [1.165, 1.54) is 0 Å². The number of hydrogen-bond donors (Lipinski definition) is 1. The van der Waals surface area contributed by atoms with Gasteiger partial charge in [-0.1, -0.05) is 27.7 Å². The van der Waals surface area contributed by atoms with Crippen LogP contribution in [0, 0.1) is 11.8 Å². The van der Waals surface area contributed by atoms with E-state index in [0.29, 0.717) is 11.8 Å². The van der Waals surface area contributed by atoms with E-state index in [0.717, 1.165) is 36.7 Å². The second-order valence-electron chi connectivity index (χ2n) is 5.39. The topological polar surface area (TPSA) is 37.8 Å². The highest BCUT2D eigenvalue weighted by molar-refractivity contribution is 5.36. The van der Waals surface area contributed by atoms with Crippen molar-refractivity contribution in [2.75, 3.05) is 11.9 Å².